The zero-order chi connectivity index (χ0) is 13.5. The molecule has 1 heterocycles. The molecule has 1 aliphatic rings. The lowest BCUT2D eigenvalue weighted by Crippen LogP contribution is -2.24. The van der Waals surface area contributed by atoms with E-state index < -0.39 is 0 Å². The van der Waals surface area contributed by atoms with Gasteiger partial charge in [0.1, 0.15) is 6.10 Å². The minimum Gasteiger partial charge on any atom is -0.462 e. The summed E-state index contributed by atoms with van der Waals surface area (Å²) in [6.07, 6.45) is 7.29. The van der Waals surface area contributed by atoms with E-state index in [4.69, 9.17) is 4.74 Å². The van der Waals surface area contributed by atoms with Crippen molar-refractivity contribution in [3.63, 3.8) is 0 Å². The molecule has 1 unspecified atom stereocenters. The topological polar surface area (TPSA) is 46.5 Å². The quantitative estimate of drug-likeness (QED) is 0.578. The lowest BCUT2D eigenvalue weighted by Gasteiger charge is -2.22. The second kappa shape index (κ2) is 7.57. The maximum Gasteiger partial charge on any atom is 0.306 e. The van der Waals surface area contributed by atoms with Gasteiger partial charge in [-0.25, -0.2) is 0 Å². The zero-order valence-corrected chi connectivity index (χ0v) is 11.8. The fourth-order valence-electron chi connectivity index (χ4n) is 2.12. The van der Waals surface area contributed by atoms with E-state index in [2.05, 4.69) is 32.9 Å². The van der Waals surface area contributed by atoms with E-state index in [9.17, 15) is 9.90 Å². The van der Waals surface area contributed by atoms with Gasteiger partial charge in [0.05, 0.1) is 6.10 Å². The molecule has 104 valence electrons. The van der Waals surface area contributed by atoms with Gasteiger partial charge in [-0.1, -0.05) is 32.9 Å². The maximum atomic E-state index is 11.7. The standard InChI is InChI=1S/C15H26O3/c1-11(2)14-9-5-4-7-12(3)13(16)8-6-10-15(17)18-14/h4-5,11-14,16H,6-10H2,1-3H3/b5-4+/t12?,13-,14+/m0/s1. The molecule has 0 aromatic rings. The third kappa shape index (κ3) is 5.21. The molecule has 1 N–H and O–H groups in total. The fourth-order valence-corrected chi connectivity index (χ4v) is 2.12. The van der Waals surface area contributed by atoms with Gasteiger partial charge in [-0.05, 0) is 31.1 Å². The largest absolute Gasteiger partial charge is 0.462 e. The van der Waals surface area contributed by atoms with Crippen LogP contribution in [0.4, 0.5) is 0 Å². The number of aliphatic hydroxyl groups is 1. The second-order valence-corrected chi connectivity index (χ2v) is 5.65. The van der Waals surface area contributed by atoms with Crippen LogP contribution in [-0.2, 0) is 9.53 Å². The number of allylic oxidation sites excluding steroid dienone is 1. The van der Waals surface area contributed by atoms with Crippen LogP contribution in [0.5, 0.6) is 0 Å². The Labute approximate surface area is 110 Å². The highest BCUT2D eigenvalue weighted by Crippen LogP contribution is 2.19. The summed E-state index contributed by atoms with van der Waals surface area (Å²) >= 11 is 0. The van der Waals surface area contributed by atoms with Crippen molar-refractivity contribution in [2.75, 3.05) is 0 Å². The highest BCUT2D eigenvalue weighted by molar-refractivity contribution is 5.69. The molecule has 0 aromatic heterocycles. The van der Waals surface area contributed by atoms with Gasteiger partial charge in [0.15, 0.2) is 0 Å². The number of ether oxygens (including phenoxy) is 1. The molecule has 18 heavy (non-hydrogen) atoms. The maximum absolute atomic E-state index is 11.7. The summed E-state index contributed by atoms with van der Waals surface area (Å²) in [5, 5.41) is 9.90. The SMILES string of the molecule is CC1C/C=C/C[C@H](C(C)C)OC(=O)CCC[C@@H]1O. The van der Waals surface area contributed by atoms with E-state index >= 15 is 0 Å². The van der Waals surface area contributed by atoms with E-state index in [0.29, 0.717) is 25.2 Å². The summed E-state index contributed by atoms with van der Waals surface area (Å²) < 4.78 is 5.47. The molecule has 3 heteroatoms. The van der Waals surface area contributed by atoms with Gasteiger partial charge in [-0.2, -0.15) is 0 Å². The minimum atomic E-state index is -0.317. The molecule has 0 radical (unpaired) electrons. The molecule has 0 saturated heterocycles. The van der Waals surface area contributed by atoms with Crippen molar-refractivity contribution in [3.8, 4) is 0 Å². The van der Waals surface area contributed by atoms with E-state index in [1.54, 1.807) is 0 Å². The van der Waals surface area contributed by atoms with Gasteiger partial charge in [0.25, 0.3) is 0 Å². The molecule has 1 rings (SSSR count). The first-order valence-corrected chi connectivity index (χ1v) is 7.03. The Balaban J connectivity index is 2.64. The number of hydrogen-bond donors (Lipinski definition) is 1. The number of cyclic esters (lactones) is 1. The molecule has 3 atom stereocenters. The molecular weight excluding hydrogens is 228 g/mol. The van der Waals surface area contributed by atoms with Crippen molar-refractivity contribution in [3.05, 3.63) is 12.2 Å². The summed E-state index contributed by atoms with van der Waals surface area (Å²) in [4.78, 5) is 11.7. The van der Waals surface area contributed by atoms with Crippen LogP contribution in [0.2, 0.25) is 0 Å². The Morgan fingerprint density at radius 2 is 2.00 bits per heavy atom. The fraction of sp³-hybridized carbons (Fsp3) is 0.800. The highest BCUT2D eigenvalue weighted by Gasteiger charge is 2.19. The van der Waals surface area contributed by atoms with Gasteiger partial charge in [-0.15, -0.1) is 0 Å². The summed E-state index contributed by atoms with van der Waals surface area (Å²) in [5.74, 6) is 0.460. The predicted molar refractivity (Wildman–Crippen MR) is 72.1 cm³/mol. The van der Waals surface area contributed by atoms with Crippen molar-refractivity contribution < 1.29 is 14.6 Å². The molecule has 0 spiro atoms. The van der Waals surface area contributed by atoms with Crippen molar-refractivity contribution in [1.82, 2.24) is 0 Å². The first-order chi connectivity index (χ1) is 8.50. The monoisotopic (exact) mass is 254 g/mol. The number of hydrogen-bond acceptors (Lipinski definition) is 3. The average Bonchev–Trinajstić information content (AvgIpc) is 2.30. The van der Waals surface area contributed by atoms with Crippen LogP contribution < -0.4 is 0 Å². The number of carbonyl (C=O) groups excluding carboxylic acids is 1. The smallest absolute Gasteiger partial charge is 0.306 e. The molecule has 0 saturated carbocycles. The molecule has 0 aliphatic carbocycles. The van der Waals surface area contributed by atoms with E-state index in [-0.39, 0.29) is 24.1 Å². The third-order valence-electron chi connectivity index (χ3n) is 3.61. The van der Waals surface area contributed by atoms with Crippen LogP contribution in [0.3, 0.4) is 0 Å². The lowest BCUT2D eigenvalue weighted by atomic mass is 9.95. The van der Waals surface area contributed by atoms with Crippen molar-refractivity contribution in [2.45, 2.75) is 65.1 Å². The molecule has 0 aromatic carbocycles. The summed E-state index contributed by atoms with van der Waals surface area (Å²) in [6.45, 7) is 6.20. The van der Waals surface area contributed by atoms with Crippen LogP contribution in [0.25, 0.3) is 0 Å². The Morgan fingerprint density at radius 1 is 1.33 bits per heavy atom. The summed E-state index contributed by atoms with van der Waals surface area (Å²) in [7, 11) is 0. The van der Waals surface area contributed by atoms with Crippen LogP contribution >= 0.6 is 0 Å². The minimum absolute atomic E-state index is 0.0200. The molecule has 0 amide bonds. The predicted octanol–water partition coefficient (Wildman–Crippen LogP) is 3.07. The normalized spacial score (nSPS) is 33.4. The van der Waals surface area contributed by atoms with Crippen LogP contribution in [0.1, 0.15) is 52.9 Å². The highest BCUT2D eigenvalue weighted by atomic mass is 16.5. The van der Waals surface area contributed by atoms with Gasteiger partial charge < -0.3 is 9.84 Å². The average molecular weight is 254 g/mol. The van der Waals surface area contributed by atoms with Gasteiger partial charge in [0, 0.05) is 12.8 Å². The van der Waals surface area contributed by atoms with Crippen molar-refractivity contribution in [2.24, 2.45) is 11.8 Å². The number of aliphatic hydroxyl groups excluding tert-OH is 1. The lowest BCUT2D eigenvalue weighted by molar-refractivity contribution is -0.151. The van der Waals surface area contributed by atoms with Crippen molar-refractivity contribution >= 4 is 5.97 Å². The number of esters is 1. The molecule has 1 aliphatic heterocycles. The Hall–Kier alpha value is -0.830. The molecule has 0 bridgehead atoms. The first-order valence-electron chi connectivity index (χ1n) is 7.03. The third-order valence-corrected chi connectivity index (χ3v) is 3.61. The van der Waals surface area contributed by atoms with E-state index in [1.807, 2.05) is 0 Å². The van der Waals surface area contributed by atoms with Crippen LogP contribution in [-0.4, -0.2) is 23.3 Å². The Kier molecular flexibility index (Phi) is 6.41. The number of carbonyl (C=O) groups is 1. The number of rotatable bonds is 1. The Morgan fingerprint density at radius 3 is 2.67 bits per heavy atom. The van der Waals surface area contributed by atoms with Crippen molar-refractivity contribution in [1.29, 1.82) is 0 Å². The summed E-state index contributed by atoms with van der Waals surface area (Å²) in [6, 6.07) is 0. The van der Waals surface area contributed by atoms with E-state index in [1.165, 1.54) is 0 Å². The first kappa shape index (κ1) is 15.2. The van der Waals surface area contributed by atoms with Crippen LogP contribution in [0, 0.1) is 11.8 Å². The molecule has 3 nitrogen and oxygen atoms in total. The summed E-state index contributed by atoms with van der Waals surface area (Å²) in [5.41, 5.74) is 0. The Bertz CT molecular complexity index is 283. The van der Waals surface area contributed by atoms with Gasteiger partial charge in [0.2, 0.25) is 0 Å². The molecule has 0 fully saturated rings. The van der Waals surface area contributed by atoms with Crippen LogP contribution in [0.15, 0.2) is 12.2 Å². The zero-order valence-electron chi connectivity index (χ0n) is 11.8. The second-order valence-electron chi connectivity index (χ2n) is 5.65. The van der Waals surface area contributed by atoms with E-state index in [0.717, 1.165) is 12.8 Å². The molecular formula is C15H26O3. The van der Waals surface area contributed by atoms with Gasteiger partial charge in [-0.3, -0.25) is 4.79 Å². The van der Waals surface area contributed by atoms with Gasteiger partial charge >= 0.3 is 5.97 Å².